The Morgan fingerprint density at radius 3 is 2.94 bits per heavy atom. The van der Waals surface area contributed by atoms with Gasteiger partial charge in [0.2, 0.25) is 0 Å². The number of aromatic amines is 1. The van der Waals surface area contributed by atoms with Gasteiger partial charge in [-0.3, -0.25) is 14.4 Å². The van der Waals surface area contributed by atoms with Crippen molar-refractivity contribution < 1.29 is 24.2 Å². The van der Waals surface area contributed by atoms with Gasteiger partial charge < -0.3 is 19.7 Å². The lowest BCUT2D eigenvalue weighted by atomic mass is 10.1. The van der Waals surface area contributed by atoms with Crippen LogP contribution in [0.4, 0.5) is 5.69 Å². The van der Waals surface area contributed by atoms with Gasteiger partial charge in [-0.15, -0.1) is 17.9 Å². The second-order valence-electron chi connectivity index (χ2n) is 6.89. The zero-order chi connectivity index (χ0) is 23.0. The first-order valence-electron chi connectivity index (χ1n) is 9.44. The van der Waals surface area contributed by atoms with E-state index in [1.54, 1.807) is 31.2 Å². The number of nitrogens with zero attached hydrogens (tertiary/aromatic N) is 2. The molecule has 3 heterocycles. The summed E-state index contributed by atoms with van der Waals surface area (Å²) >= 11 is 2.11. The molecule has 1 atom stereocenters. The van der Waals surface area contributed by atoms with Crippen molar-refractivity contribution in [3.05, 3.63) is 57.7 Å². The number of fused-ring (bicyclic) bond motifs is 2. The van der Waals surface area contributed by atoms with Crippen LogP contribution < -0.4 is 15.2 Å². The second-order valence-corrected chi connectivity index (χ2v) is 9.08. The summed E-state index contributed by atoms with van der Waals surface area (Å²) in [7, 11) is 0. The number of hydrogen-bond acceptors (Lipinski definition) is 8. The van der Waals surface area contributed by atoms with Gasteiger partial charge in [-0.05, 0) is 25.1 Å². The molecule has 0 bridgehead atoms. The van der Waals surface area contributed by atoms with Crippen LogP contribution in [0.15, 0.2) is 46.2 Å². The minimum atomic E-state index is -1.20. The van der Waals surface area contributed by atoms with E-state index in [2.05, 4.69) is 16.5 Å². The maximum atomic E-state index is 13.0. The Morgan fingerprint density at radius 2 is 2.22 bits per heavy atom. The van der Waals surface area contributed by atoms with Crippen molar-refractivity contribution in [2.75, 3.05) is 18.1 Å². The average molecular weight is 472 g/mol. The highest BCUT2D eigenvalue weighted by Gasteiger charge is 2.27. The van der Waals surface area contributed by atoms with Gasteiger partial charge in [0.05, 0.1) is 21.9 Å². The number of Topliss-reactive ketones (excluding diaryl/α,β-unsaturated/α-hetero) is 1. The van der Waals surface area contributed by atoms with Gasteiger partial charge in [0.25, 0.3) is 11.5 Å². The Labute approximate surface area is 189 Å². The first-order valence-corrected chi connectivity index (χ1v) is 11.2. The SMILES string of the molecule is C=CCN1C(=O)COc2ccc(C(=O)C(C)Sc3nc4scc(C(=O)O)c4c(=O)[nH]3)cc21. The summed E-state index contributed by atoms with van der Waals surface area (Å²) in [5.41, 5.74) is 0.204. The number of ether oxygens (including phenoxy) is 1. The van der Waals surface area contributed by atoms with E-state index in [1.165, 1.54) is 10.3 Å². The van der Waals surface area contributed by atoms with E-state index in [4.69, 9.17) is 4.74 Å². The summed E-state index contributed by atoms with van der Waals surface area (Å²) in [5, 5.41) is 10.2. The molecule has 0 radical (unpaired) electrons. The second kappa shape index (κ2) is 8.60. The summed E-state index contributed by atoms with van der Waals surface area (Å²) in [4.78, 5) is 57.5. The number of thiophene rings is 1. The van der Waals surface area contributed by atoms with Crippen LogP contribution >= 0.6 is 23.1 Å². The van der Waals surface area contributed by atoms with Gasteiger partial charge in [-0.25, -0.2) is 9.78 Å². The summed E-state index contributed by atoms with van der Waals surface area (Å²) in [5.74, 6) is -1.15. The van der Waals surface area contributed by atoms with E-state index in [-0.39, 0.29) is 39.2 Å². The zero-order valence-electron chi connectivity index (χ0n) is 16.8. The number of carbonyl (C=O) groups is 3. The van der Waals surface area contributed by atoms with Gasteiger partial charge in [-0.2, -0.15) is 0 Å². The third-order valence-corrected chi connectivity index (χ3v) is 6.66. The number of benzene rings is 1. The third-order valence-electron chi connectivity index (χ3n) is 4.81. The molecule has 2 aromatic heterocycles. The number of amides is 1. The van der Waals surface area contributed by atoms with Crippen LogP contribution in [0.1, 0.15) is 27.6 Å². The van der Waals surface area contributed by atoms with Crippen LogP contribution in [0.2, 0.25) is 0 Å². The maximum Gasteiger partial charge on any atom is 0.337 e. The predicted molar refractivity (Wildman–Crippen MR) is 121 cm³/mol. The topological polar surface area (TPSA) is 130 Å². The average Bonchev–Trinajstić information content (AvgIpc) is 3.20. The summed E-state index contributed by atoms with van der Waals surface area (Å²) in [6.45, 7) is 5.56. The zero-order valence-corrected chi connectivity index (χ0v) is 18.4. The number of H-pyrrole nitrogens is 1. The summed E-state index contributed by atoms with van der Waals surface area (Å²) in [6.07, 6.45) is 1.60. The molecule has 0 saturated heterocycles. The van der Waals surface area contributed by atoms with Crippen molar-refractivity contribution in [2.24, 2.45) is 0 Å². The number of nitrogens with one attached hydrogen (secondary N) is 1. The molecule has 0 spiro atoms. The van der Waals surface area contributed by atoms with Crippen LogP contribution in [-0.2, 0) is 4.79 Å². The Kier molecular flexibility index (Phi) is 5.85. The molecule has 32 heavy (non-hydrogen) atoms. The molecule has 1 unspecified atom stereocenters. The van der Waals surface area contributed by atoms with E-state index in [0.717, 1.165) is 23.1 Å². The number of rotatable bonds is 7. The number of ketones is 1. The van der Waals surface area contributed by atoms with Crippen LogP contribution in [0, 0.1) is 0 Å². The lowest BCUT2D eigenvalue weighted by Gasteiger charge is -2.29. The Hall–Kier alpha value is -3.44. The highest BCUT2D eigenvalue weighted by Crippen LogP contribution is 2.34. The number of hydrogen-bond donors (Lipinski definition) is 2. The molecule has 0 fully saturated rings. The Morgan fingerprint density at radius 1 is 1.44 bits per heavy atom. The normalized spacial score (nSPS) is 14.0. The predicted octanol–water partition coefficient (Wildman–Crippen LogP) is 2.96. The quantitative estimate of drug-likeness (QED) is 0.233. The molecule has 1 aliphatic rings. The first-order chi connectivity index (χ1) is 15.3. The van der Waals surface area contributed by atoms with E-state index in [1.807, 2.05) is 0 Å². The minimum absolute atomic E-state index is 0.0208. The van der Waals surface area contributed by atoms with Crippen molar-refractivity contribution in [3.8, 4) is 5.75 Å². The van der Waals surface area contributed by atoms with Crippen LogP contribution in [0.5, 0.6) is 5.75 Å². The van der Waals surface area contributed by atoms with Gasteiger partial charge in [0.15, 0.2) is 17.5 Å². The molecule has 2 N–H and O–H groups in total. The molecule has 0 aliphatic carbocycles. The van der Waals surface area contributed by atoms with Gasteiger partial charge in [-0.1, -0.05) is 17.8 Å². The molecule has 4 rings (SSSR count). The molecule has 1 aliphatic heterocycles. The standard InChI is InChI=1S/C21H17N3O6S2/c1-3-6-24-13-7-11(4-5-14(13)30-8-15(24)25)17(26)10(2)32-21-22-18(27)16-12(20(28)29)9-31-19(16)23-21/h3-5,7,9-10H,1,6,8H2,2H3,(H,28,29)(H,22,23,27). The number of aromatic nitrogens is 2. The number of carboxylic acid groups (broad SMARTS) is 1. The first kappa shape index (κ1) is 21.8. The van der Waals surface area contributed by atoms with Crippen molar-refractivity contribution in [2.45, 2.75) is 17.3 Å². The molecular weight excluding hydrogens is 454 g/mol. The van der Waals surface area contributed by atoms with Gasteiger partial charge in [0, 0.05) is 17.5 Å². The Balaban J connectivity index is 1.60. The minimum Gasteiger partial charge on any atom is -0.482 e. The van der Waals surface area contributed by atoms with E-state index >= 15 is 0 Å². The molecule has 11 heteroatoms. The smallest absolute Gasteiger partial charge is 0.337 e. The maximum absolute atomic E-state index is 13.0. The van der Waals surface area contributed by atoms with Crippen molar-refractivity contribution in [1.29, 1.82) is 0 Å². The number of anilines is 1. The van der Waals surface area contributed by atoms with E-state index in [9.17, 15) is 24.3 Å². The van der Waals surface area contributed by atoms with Crippen molar-refractivity contribution >= 4 is 56.7 Å². The van der Waals surface area contributed by atoms with Crippen molar-refractivity contribution in [1.82, 2.24) is 9.97 Å². The van der Waals surface area contributed by atoms with Gasteiger partial charge >= 0.3 is 5.97 Å². The summed E-state index contributed by atoms with van der Waals surface area (Å²) in [6, 6.07) is 4.87. The number of aromatic carboxylic acids is 1. The third kappa shape index (κ3) is 3.92. The van der Waals surface area contributed by atoms with Crippen molar-refractivity contribution in [3.63, 3.8) is 0 Å². The molecule has 9 nitrogen and oxygen atoms in total. The lowest BCUT2D eigenvalue weighted by Crippen LogP contribution is -2.39. The lowest BCUT2D eigenvalue weighted by molar-refractivity contribution is -0.121. The molecule has 164 valence electrons. The van der Waals surface area contributed by atoms with E-state index < -0.39 is 16.8 Å². The number of carbonyl (C=O) groups excluding carboxylic acids is 2. The fourth-order valence-electron chi connectivity index (χ4n) is 3.28. The van der Waals surface area contributed by atoms with E-state index in [0.29, 0.717) is 23.5 Å². The molecule has 1 amide bonds. The van der Waals surface area contributed by atoms with Crippen LogP contribution in [-0.4, -0.2) is 51.1 Å². The van der Waals surface area contributed by atoms with Gasteiger partial charge in [0.1, 0.15) is 10.6 Å². The highest BCUT2D eigenvalue weighted by atomic mass is 32.2. The highest BCUT2D eigenvalue weighted by molar-refractivity contribution is 8.00. The largest absolute Gasteiger partial charge is 0.482 e. The number of carboxylic acids is 1. The summed E-state index contributed by atoms with van der Waals surface area (Å²) < 4.78 is 5.44. The van der Waals surface area contributed by atoms with Crippen LogP contribution in [0.3, 0.4) is 0 Å². The fourth-order valence-corrected chi connectivity index (χ4v) is 5.13. The molecular formula is C21H17N3O6S2. The fraction of sp³-hybridized carbons (Fsp3) is 0.190. The molecule has 0 saturated carbocycles. The number of thioether (sulfide) groups is 1. The molecule has 1 aromatic carbocycles. The monoisotopic (exact) mass is 471 g/mol. The Bertz CT molecular complexity index is 1330. The molecule has 3 aromatic rings. The van der Waals surface area contributed by atoms with Crippen LogP contribution in [0.25, 0.3) is 10.2 Å².